The van der Waals surface area contributed by atoms with Crippen molar-refractivity contribution in [3.63, 3.8) is 0 Å². The summed E-state index contributed by atoms with van der Waals surface area (Å²) in [5, 5.41) is 18.4. The molecule has 0 spiro atoms. The number of hydrogen-bond acceptors (Lipinski definition) is 5. The molecular formula is C19H27FN4O3S2. The van der Waals surface area contributed by atoms with Crippen LogP contribution in [-0.4, -0.2) is 20.3 Å². The lowest BCUT2D eigenvalue weighted by atomic mass is 9.92. The summed E-state index contributed by atoms with van der Waals surface area (Å²) >= 11 is 0.928. The monoisotopic (exact) mass is 442 g/mol. The van der Waals surface area contributed by atoms with E-state index in [2.05, 4.69) is 14.7 Å². The number of urea groups is 1. The molecule has 2 rings (SSSR count). The summed E-state index contributed by atoms with van der Waals surface area (Å²) in [6, 6.07) is 1.82. The van der Waals surface area contributed by atoms with Crippen molar-refractivity contribution in [2.45, 2.75) is 63.3 Å². The molecular weight excluding hydrogens is 415 g/mol. The van der Waals surface area contributed by atoms with Gasteiger partial charge < -0.3 is 10.4 Å². The lowest BCUT2D eigenvalue weighted by Crippen LogP contribution is -2.19. The molecule has 1 atom stereocenters. The van der Waals surface area contributed by atoms with Crippen LogP contribution in [0.5, 0.6) is 0 Å². The molecule has 0 fully saturated rings. The van der Waals surface area contributed by atoms with Gasteiger partial charge in [0.25, 0.3) is 0 Å². The summed E-state index contributed by atoms with van der Waals surface area (Å²) in [6.45, 7) is 10.6. The molecule has 0 radical (unpaired) electrons. The first-order chi connectivity index (χ1) is 13.2. The Bertz CT molecular complexity index is 1000. The molecule has 0 saturated carbocycles. The molecule has 0 bridgehead atoms. The first-order valence-corrected chi connectivity index (χ1v) is 11.5. The molecule has 1 heterocycles. The molecule has 29 heavy (non-hydrogen) atoms. The summed E-state index contributed by atoms with van der Waals surface area (Å²) in [5.41, 5.74) is 0.482. The minimum Gasteiger partial charge on any atom is -0.385 e. The number of carbonyl (C=O) groups excluding carboxylic acids is 1. The summed E-state index contributed by atoms with van der Waals surface area (Å²) in [4.78, 5) is 16.9. The summed E-state index contributed by atoms with van der Waals surface area (Å²) < 4.78 is 30.4. The Kier molecular flexibility index (Phi) is 6.83. The summed E-state index contributed by atoms with van der Waals surface area (Å²) in [7, 11) is -3.61. The second kappa shape index (κ2) is 8.47. The van der Waals surface area contributed by atoms with E-state index in [-0.39, 0.29) is 16.2 Å². The molecule has 160 valence electrons. The maximum Gasteiger partial charge on any atom is 0.354 e. The van der Waals surface area contributed by atoms with Crippen LogP contribution in [0.25, 0.3) is 0 Å². The van der Waals surface area contributed by atoms with Gasteiger partial charge in [-0.3, -0.25) is 0 Å². The largest absolute Gasteiger partial charge is 0.385 e. The van der Waals surface area contributed by atoms with E-state index in [4.69, 9.17) is 5.14 Å². The lowest BCUT2D eigenvalue weighted by molar-refractivity contribution is 0.0823. The van der Waals surface area contributed by atoms with E-state index in [1.54, 1.807) is 13.8 Å². The highest BCUT2D eigenvalue weighted by Gasteiger charge is 2.24. The molecule has 7 nitrogen and oxygen atoms in total. The zero-order chi connectivity index (χ0) is 22.1. The molecule has 1 unspecified atom stereocenters. The number of thiazole rings is 1. The number of aliphatic hydroxyl groups is 1. The van der Waals surface area contributed by atoms with Crippen molar-refractivity contribution in [2.24, 2.45) is 9.50 Å². The van der Waals surface area contributed by atoms with E-state index in [0.29, 0.717) is 21.7 Å². The van der Waals surface area contributed by atoms with Gasteiger partial charge in [-0.15, -0.1) is 15.7 Å². The van der Waals surface area contributed by atoms with Gasteiger partial charge in [-0.25, -0.2) is 23.5 Å². The van der Waals surface area contributed by atoms with Gasteiger partial charge in [0.15, 0.2) is 9.92 Å². The first-order valence-electron chi connectivity index (χ1n) is 9.10. The molecule has 0 aliphatic rings. The SMILES string of the molecule is CC(C)c1cc(F)cc(C(C)C)c1NC(=O)N=S(N)(=O)c1ncc(C(C)(C)O)s1. The van der Waals surface area contributed by atoms with Crippen LogP contribution in [0, 0.1) is 5.82 Å². The van der Waals surface area contributed by atoms with E-state index in [9.17, 15) is 18.5 Å². The van der Waals surface area contributed by atoms with E-state index in [1.807, 2.05) is 27.7 Å². The number of nitrogens with zero attached hydrogens (tertiary/aromatic N) is 2. The zero-order valence-corrected chi connectivity index (χ0v) is 18.9. The van der Waals surface area contributed by atoms with Crippen molar-refractivity contribution < 1.29 is 18.5 Å². The second-order valence-electron chi connectivity index (χ2n) is 7.91. The number of nitrogens with two attached hydrogens (primary N) is 1. The van der Waals surface area contributed by atoms with Gasteiger partial charge in [0.1, 0.15) is 5.82 Å². The number of aromatic nitrogens is 1. The van der Waals surface area contributed by atoms with E-state index in [0.717, 1.165) is 11.3 Å². The standard InChI is InChI=1S/C19H27FN4O3S2/c1-10(2)13-7-12(20)8-14(11(3)4)16(13)23-17(25)24-29(21,27)18-22-9-15(28-18)19(5,6)26/h7-11,26H,1-6H3,(H3,21,23,24,25,27). The third kappa shape index (κ3) is 5.59. The molecule has 0 aliphatic heterocycles. The Morgan fingerprint density at radius 3 is 2.21 bits per heavy atom. The fourth-order valence-corrected chi connectivity index (χ4v) is 4.75. The van der Waals surface area contributed by atoms with E-state index >= 15 is 0 Å². The average Bonchev–Trinajstić information content (AvgIpc) is 3.06. The van der Waals surface area contributed by atoms with Crippen LogP contribution in [0.2, 0.25) is 0 Å². The third-order valence-corrected chi connectivity index (χ3v) is 7.31. The molecule has 2 aromatic rings. The van der Waals surface area contributed by atoms with Crippen LogP contribution in [-0.2, 0) is 15.5 Å². The highest BCUT2D eigenvalue weighted by molar-refractivity contribution is 7.93. The topological polar surface area (TPSA) is 118 Å². The molecule has 1 aromatic carbocycles. The third-order valence-electron chi connectivity index (χ3n) is 4.20. The maximum absolute atomic E-state index is 14.0. The Morgan fingerprint density at radius 1 is 1.28 bits per heavy atom. The van der Waals surface area contributed by atoms with Crippen LogP contribution in [0.15, 0.2) is 27.0 Å². The normalized spacial score (nSPS) is 14.2. The highest BCUT2D eigenvalue weighted by atomic mass is 32.2. The molecule has 2 amide bonds. The van der Waals surface area contributed by atoms with Crippen molar-refractivity contribution in [3.8, 4) is 0 Å². The smallest absolute Gasteiger partial charge is 0.354 e. The Hall–Kier alpha value is -1.88. The number of hydrogen-bond donors (Lipinski definition) is 3. The average molecular weight is 443 g/mol. The number of carbonyl (C=O) groups is 1. The maximum atomic E-state index is 14.0. The fraction of sp³-hybridized carbons (Fsp3) is 0.474. The number of amides is 2. The van der Waals surface area contributed by atoms with Gasteiger partial charge in [-0.2, -0.15) is 0 Å². The van der Waals surface area contributed by atoms with Gasteiger partial charge in [0, 0.05) is 11.9 Å². The van der Waals surface area contributed by atoms with Crippen LogP contribution in [0.1, 0.15) is 69.4 Å². The second-order valence-corrected chi connectivity index (χ2v) is 10.9. The fourth-order valence-electron chi connectivity index (χ4n) is 2.67. The summed E-state index contributed by atoms with van der Waals surface area (Å²) in [6.07, 6.45) is 1.35. The van der Waals surface area contributed by atoms with Crippen LogP contribution < -0.4 is 10.5 Å². The van der Waals surface area contributed by atoms with Crippen LogP contribution >= 0.6 is 11.3 Å². The van der Waals surface area contributed by atoms with Gasteiger partial charge in [-0.1, -0.05) is 27.7 Å². The number of nitrogens with one attached hydrogen (secondary N) is 1. The first kappa shape index (κ1) is 23.4. The number of benzene rings is 1. The van der Waals surface area contributed by atoms with Crippen LogP contribution in [0.3, 0.4) is 0 Å². The van der Waals surface area contributed by atoms with Gasteiger partial charge >= 0.3 is 6.03 Å². The molecule has 0 aliphatic carbocycles. The highest BCUT2D eigenvalue weighted by Crippen LogP contribution is 2.34. The van der Waals surface area contributed by atoms with Gasteiger partial charge in [-0.05, 0) is 48.9 Å². The Balaban J connectivity index is 2.44. The van der Waals surface area contributed by atoms with E-state index in [1.165, 1.54) is 18.3 Å². The predicted molar refractivity (Wildman–Crippen MR) is 114 cm³/mol. The quantitative estimate of drug-likeness (QED) is 0.622. The number of rotatable bonds is 5. The van der Waals surface area contributed by atoms with Crippen molar-refractivity contribution in [1.29, 1.82) is 0 Å². The minimum atomic E-state index is -3.61. The predicted octanol–water partition coefficient (Wildman–Crippen LogP) is 4.69. The van der Waals surface area contributed by atoms with Crippen molar-refractivity contribution >= 4 is 33.0 Å². The zero-order valence-electron chi connectivity index (χ0n) is 17.3. The Labute approximate surface area is 174 Å². The minimum absolute atomic E-state index is 0.0583. The molecule has 4 N–H and O–H groups in total. The number of anilines is 1. The van der Waals surface area contributed by atoms with E-state index < -0.39 is 27.4 Å². The van der Waals surface area contributed by atoms with Gasteiger partial charge in [0.05, 0.1) is 10.5 Å². The number of halogens is 1. The lowest BCUT2D eigenvalue weighted by Gasteiger charge is -2.19. The molecule has 0 saturated heterocycles. The summed E-state index contributed by atoms with van der Waals surface area (Å²) in [5.74, 6) is -0.514. The molecule has 1 aromatic heterocycles. The Morgan fingerprint density at radius 2 is 1.79 bits per heavy atom. The van der Waals surface area contributed by atoms with Gasteiger partial charge in [0.2, 0.25) is 4.34 Å². The van der Waals surface area contributed by atoms with Crippen LogP contribution in [0.4, 0.5) is 14.9 Å². The van der Waals surface area contributed by atoms with Crippen molar-refractivity contribution in [3.05, 3.63) is 40.2 Å². The van der Waals surface area contributed by atoms with Crippen molar-refractivity contribution in [1.82, 2.24) is 4.98 Å². The molecule has 10 heteroatoms. The van der Waals surface area contributed by atoms with Crippen molar-refractivity contribution in [2.75, 3.05) is 5.32 Å².